The normalized spacial score (nSPS) is 12.2. The second-order valence-electron chi connectivity index (χ2n) is 6.39. The van der Waals surface area contributed by atoms with Crippen molar-refractivity contribution in [2.75, 3.05) is 6.73 Å². The smallest absolute Gasteiger partial charge is 0.262 e. The SMILES string of the molecule is Cc1c(C(C)C(=O)NCO)c2cc(O)ccc2n1C(=O)c1ccc(F)c(F)c1. The number of fused-ring (bicyclic) bond motifs is 1. The molecule has 0 radical (unpaired) electrons. The third-order valence-electron chi connectivity index (χ3n) is 4.69. The van der Waals surface area contributed by atoms with Crippen LogP contribution >= 0.6 is 0 Å². The number of phenols is 1. The highest BCUT2D eigenvalue weighted by Crippen LogP contribution is 2.34. The van der Waals surface area contributed by atoms with Crippen LogP contribution in [0.3, 0.4) is 0 Å². The quantitative estimate of drug-likeness (QED) is 0.600. The van der Waals surface area contributed by atoms with Gasteiger partial charge in [0, 0.05) is 16.6 Å². The average Bonchev–Trinajstić information content (AvgIpc) is 2.94. The molecule has 3 aromatic rings. The van der Waals surface area contributed by atoms with Crippen molar-refractivity contribution in [1.82, 2.24) is 9.88 Å². The first-order valence-electron chi connectivity index (χ1n) is 8.48. The van der Waals surface area contributed by atoms with Crippen LogP contribution in [-0.4, -0.2) is 33.3 Å². The summed E-state index contributed by atoms with van der Waals surface area (Å²) in [5, 5.41) is 21.6. The second-order valence-corrected chi connectivity index (χ2v) is 6.39. The van der Waals surface area contributed by atoms with E-state index < -0.39 is 36.1 Å². The molecule has 1 heterocycles. The molecule has 0 aliphatic carbocycles. The number of hydrogen-bond donors (Lipinski definition) is 3. The van der Waals surface area contributed by atoms with Gasteiger partial charge in [0.2, 0.25) is 5.91 Å². The lowest BCUT2D eigenvalue weighted by Crippen LogP contribution is -2.29. The Balaban J connectivity index is 2.23. The zero-order chi connectivity index (χ0) is 20.6. The number of aliphatic hydroxyl groups excluding tert-OH is 1. The fourth-order valence-electron chi connectivity index (χ4n) is 3.36. The van der Waals surface area contributed by atoms with Crippen LogP contribution in [0.5, 0.6) is 5.75 Å². The number of halogens is 2. The average molecular weight is 388 g/mol. The molecule has 1 unspecified atom stereocenters. The second kappa shape index (κ2) is 7.40. The molecule has 2 aromatic carbocycles. The molecule has 6 nitrogen and oxygen atoms in total. The Labute approximate surface area is 159 Å². The Morgan fingerprint density at radius 3 is 2.50 bits per heavy atom. The van der Waals surface area contributed by atoms with E-state index in [1.165, 1.54) is 28.8 Å². The fourth-order valence-corrected chi connectivity index (χ4v) is 3.36. The maximum Gasteiger partial charge on any atom is 0.262 e. The predicted molar refractivity (Wildman–Crippen MR) is 98.1 cm³/mol. The zero-order valence-corrected chi connectivity index (χ0v) is 15.2. The number of carbonyl (C=O) groups excluding carboxylic acids is 2. The van der Waals surface area contributed by atoms with Crippen LogP contribution in [0.4, 0.5) is 8.78 Å². The molecular formula is C20H18F2N2O4. The molecule has 1 atom stereocenters. The van der Waals surface area contributed by atoms with Crippen LogP contribution in [0.25, 0.3) is 10.9 Å². The Hall–Kier alpha value is -3.26. The van der Waals surface area contributed by atoms with Gasteiger partial charge >= 0.3 is 0 Å². The summed E-state index contributed by atoms with van der Waals surface area (Å²) in [5.41, 5.74) is 1.23. The third kappa shape index (κ3) is 3.22. The molecule has 0 bridgehead atoms. The van der Waals surface area contributed by atoms with Crippen LogP contribution in [0.1, 0.15) is 34.5 Å². The minimum absolute atomic E-state index is 0.0547. The molecule has 8 heteroatoms. The van der Waals surface area contributed by atoms with Gasteiger partial charge in [-0.25, -0.2) is 8.78 Å². The first-order chi connectivity index (χ1) is 13.3. The molecule has 1 amide bonds. The van der Waals surface area contributed by atoms with E-state index >= 15 is 0 Å². The van der Waals surface area contributed by atoms with Gasteiger partial charge in [-0.2, -0.15) is 0 Å². The van der Waals surface area contributed by atoms with Gasteiger partial charge in [0.05, 0.1) is 11.4 Å². The van der Waals surface area contributed by atoms with Crippen molar-refractivity contribution in [2.45, 2.75) is 19.8 Å². The van der Waals surface area contributed by atoms with Crippen LogP contribution in [-0.2, 0) is 4.79 Å². The van der Waals surface area contributed by atoms with E-state index in [2.05, 4.69) is 5.32 Å². The Morgan fingerprint density at radius 1 is 1.14 bits per heavy atom. The van der Waals surface area contributed by atoms with Gasteiger partial charge in [0.15, 0.2) is 11.6 Å². The van der Waals surface area contributed by atoms with Crippen molar-refractivity contribution in [1.29, 1.82) is 0 Å². The number of aromatic hydroxyl groups is 1. The largest absolute Gasteiger partial charge is 0.508 e. The molecule has 3 N–H and O–H groups in total. The van der Waals surface area contributed by atoms with Gasteiger partial charge in [-0.1, -0.05) is 0 Å². The molecule has 146 valence electrons. The minimum Gasteiger partial charge on any atom is -0.508 e. The lowest BCUT2D eigenvalue weighted by atomic mass is 9.97. The maximum atomic E-state index is 13.6. The molecule has 0 aliphatic rings. The molecule has 0 fully saturated rings. The molecule has 0 saturated carbocycles. The number of aromatic nitrogens is 1. The number of nitrogens with zero attached hydrogens (tertiary/aromatic N) is 1. The number of benzene rings is 2. The highest BCUT2D eigenvalue weighted by atomic mass is 19.2. The maximum absolute atomic E-state index is 13.6. The van der Waals surface area contributed by atoms with E-state index in [1.54, 1.807) is 13.8 Å². The number of aliphatic hydroxyl groups is 1. The van der Waals surface area contributed by atoms with Crippen molar-refractivity contribution in [2.24, 2.45) is 0 Å². The van der Waals surface area contributed by atoms with E-state index in [0.717, 1.165) is 12.1 Å². The van der Waals surface area contributed by atoms with Gasteiger partial charge in [-0.3, -0.25) is 14.2 Å². The van der Waals surface area contributed by atoms with E-state index in [-0.39, 0.29) is 11.3 Å². The summed E-state index contributed by atoms with van der Waals surface area (Å²) in [7, 11) is 0. The standard InChI is InChI=1S/C20H18F2N2O4/c1-10(19(27)23-9-25)18-11(2)24(17-6-4-13(26)8-14(17)18)20(28)12-3-5-15(21)16(22)7-12/h3-8,10,25-26H,9H2,1-2H3,(H,23,27). The predicted octanol–water partition coefficient (Wildman–Crippen LogP) is 2.79. The van der Waals surface area contributed by atoms with E-state index in [0.29, 0.717) is 22.2 Å². The molecule has 0 saturated heterocycles. The first kappa shape index (κ1) is 19.5. The summed E-state index contributed by atoms with van der Waals surface area (Å²) in [6.45, 7) is 2.68. The molecule has 0 spiro atoms. The number of hydrogen-bond acceptors (Lipinski definition) is 4. The highest BCUT2D eigenvalue weighted by molar-refractivity contribution is 6.05. The van der Waals surface area contributed by atoms with Crippen LogP contribution < -0.4 is 5.32 Å². The van der Waals surface area contributed by atoms with Gasteiger partial charge < -0.3 is 15.5 Å². The molecule has 1 aromatic heterocycles. The van der Waals surface area contributed by atoms with Crippen molar-refractivity contribution in [3.63, 3.8) is 0 Å². The Bertz CT molecular complexity index is 1090. The number of nitrogens with one attached hydrogen (secondary N) is 1. The highest BCUT2D eigenvalue weighted by Gasteiger charge is 2.27. The minimum atomic E-state index is -1.14. The van der Waals surface area contributed by atoms with Crippen LogP contribution in [0, 0.1) is 18.6 Å². The van der Waals surface area contributed by atoms with Crippen molar-refractivity contribution >= 4 is 22.7 Å². The van der Waals surface area contributed by atoms with Crippen molar-refractivity contribution < 1.29 is 28.6 Å². The van der Waals surface area contributed by atoms with Crippen LogP contribution in [0.2, 0.25) is 0 Å². The summed E-state index contributed by atoms with van der Waals surface area (Å²) in [5.74, 6) is -4.07. The molecule has 3 rings (SSSR count). The van der Waals surface area contributed by atoms with E-state index in [4.69, 9.17) is 5.11 Å². The fraction of sp³-hybridized carbons (Fsp3) is 0.200. The molecule has 0 aliphatic heterocycles. The lowest BCUT2D eigenvalue weighted by Gasteiger charge is -2.12. The summed E-state index contributed by atoms with van der Waals surface area (Å²) in [6, 6.07) is 7.18. The summed E-state index contributed by atoms with van der Waals surface area (Å²) in [6.07, 6.45) is 0. The topological polar surface area (TPSA) is 91.6 Å². The Morgan fingerprint density at radius 2 is 1.86 bits per heavy atom. The summed E-state index contributed by atoms with van der Waals surface area (Å²) in [4.78, 5) is 25.3. The number of carbonyl (C=O) groups is 2. The van der Waals surface area contributed by atoms with Crippen molar-refractivity contribution in [3.8, 4) is 5.75 Å². The summed E-state index contributed by atoms with van der Waals surface area (Å²) >= 11 is 0. The lowest BCUT2D eigenvalue weighted by molar-refractivity contribution is -0.123. The van der Waals surface area contributed by atoms with Gasteiger partial charge in [-0.15, -0.1) is 0 Å². The van der Waals surface area contributed by atoms with Gasteiger partial charge in [0.1, 0.15) is 12.5 Å². The summed E-state index contributed by atoms with van der Waals surface area (Å²) < 4.78 is 28.1. The van der Waals surface area contributed by atoms with Crippen molar-refractivity contribution in [3.05, 3.63) is 64.9 Å². The first-order valence-corrected chi connectivity index (χ1v) is 8.48. The Kier molecular flexibility index (Phi) is 5.15. The number of amides is 1. The van der Waals surface area contributed by atoms with Gasteiger partial charge in [0.25, 0.3) is 5.91 Å². The van der Waals surface area contributed by atoms with E-state index in [1.807, 2.05) is 0 Å². The number of phenolic OH excluding ortho intramolecular Hbond substituents is 1. The number of rotatable bonds is 4. The monoisotopic (exact) mass is 388 g/mol. The van der Waals surface area contributed by atoms with Crippen LogP contribution in [0.15, 0.2) is 36.4 Å². The molecule has 28 heavy (non-hydrogen) atoms. The van der Waals surface area contributed by atoms with E-state index in [9.17, 15) is 23.5 Å². The van der Waals surface area contributed by atoms with Gasteiger partial charge in [-0.05, 0) is 55.8 Å². The molecular weight excluding hydrogens is 370 g/mol. The zero-order valence-electron chi connectivity index (χ0n) is 15.2. The third-order valence-corrected chi connectivity index (χ3v) is 4.69.